The second-order valence-corrected chi connectivity index (χ2v) is 7.68. The molecule has 2 aliphatic rings. The van der Waals surface area contributed by atoms with Crippen molar-refractivity contribution in [1.29, 1.82) is 0 Å². The van der Waals surface area contributed by atoms with Crippen LogP contribution in [0.5, 0.6) is 0 Å². The Hall–Kier alpha value is -1.68. The van der Waals surface area contributed by atoms with Crippen LogP contribution in [0.3, 0.4) is 0 Å². The van der Waals surface area contributed by atoms with E-state index in [2.05, 4.69) is 62.4 Å². The lowest BCUT2D eigenvalue weighted by molar-refractivity contribution is -0.205. The van der Waals surface area contributed by atoms with Crippen LogP contribution in [0.1, 0.15) is 28.7 Å². The first-order chi connectivity index (χ1) is 12.1. The van der Waals surface area contributed by atoms with Crippen molar-refractivity contribution in [3.63, 3.8) is 0 Å². The second kappa shape index (κ2) is 6.56. The molecular weight excluding hydrogens is 312 g/mol. The molecule has 0 unspecified atom stereocenters. The van der Waals surface area contributed by atoms with Crippen LogP contribution in [-0.4, -0.2) is 30.2 Å². The molecule has 0 amide bonds. The molecular formula is C22H26O3. The van der Waals surface area contributed by atoms with E-state index in [1.807, 2.05) is 0 Å². The number of aliphatic hydroxyl groups is 1. The third-order valence-corrected chi connectivity index (χ3v) is 5.90. The largest absolute Gasteiger partial charge is 0.387 e. The van der Waals surface area contributed by atoms with E-state index >= 15 is 0 Å². The summed E-state index contributed by atoms with van der Waals surface area (Å²) in [6.07, 6.45) is 1.48. The fourth-order valence-electron chi connectivity index (χ4n) is 4.40. The molecule has 1 N–H and O–H groups in total. The third-order valence-electron chi connectivity index (χ3n) is 5.90. The summed E-state index contributed by atoms with van der Waals surface area (Å²) in [6.45, 7) is 4.88. The van der Waals surface area contributed by atoms with Gasteiger partial charge in [-0.1, -0.05) is 48.5 Å². The Morgan fingerprint density at radius 2 is 1.52 bits per heavy atom. The molecule has 0 aromatic heterocycles. The van der Waals surface area contributed by atoms with E-state index < -0.39 is 12.4 Å². The summed E-state index contributed by atoms with van der Waals surface area (Å²) in [4.78, 5) is 0. The monoisotopic (exact) mass is 338 g/mol. The molecule has 0 spiro atoms. The first-order valence-corrected chi connectivity index (χ1v) is 9.11. The summed E-state index contributed by atoms with van der Waals surface area (Å²) < 4.78 is 11.5. The molecule has 2 saturated heterocycles. The minimum Gasteiger partial charge on any atom is -0.387 e. The Morgan fingerprint density at radius 1 is 0.960 bits per heavy atom. The predicted octanol–water partition coefficient (Wildman–Crippen LogP) is 3.58. The summed E-state index contributed by atoms with van der Waals surface area (Å²) in [5.41, 5.74) is 4.90. The van der Waals surface area contributed by atoms with E-state index in [1.54, 1.807) is 0 Å². The van der Waals surface area contributed by atoms with Crippen LogP contribution in [0.4, 0.5) is 0 Å². The van der Waals surface area contributed by atoms with Gasteiger partial charge in [-0.15, -0.1) is 0 Å². The number of ether oxygens (including phenoxy) is 2. The maximum atomic E-state index is 11.2. The van der Waals surface area contributed by atoms with Gasteiger partial charge in [-0.05, 0) is 55.4 Å². The summed E-state index contributed by atoms with van der Waals surface area (Å²) in [7, 11) is 0. The van der Waals surface area contributed by atoms with E-state index in [0.717, 1.165) is 19.3 Å². The lowest BCUT2D eigenvalue weighted by atomic mass is 9.67. The van der Waals surface area contributed by atoms with Gasteiger partial charge >= 0.3 is 0 Å². The van der Waals surface area contributed by atoms with E-state index in [4.69, 9.17) is 9.47 Å². The predicted molar refractivity (Wildman–Crippen MR) is 97.4 cm³/mol. The summed E-state index contributed by atoms with van der Waals surface area (Å²) in [5.74, 6) is 0. The molecule has 2 aromatic carbocycles. The van der Waals surface area contributed by atoms with Gasteiger partial charge < -0.3 is 14.6 Å². The molecule has 3 nitrogen and oxygen atoms in total. The van der Waals surface area contributed by atoms with Gasteiger partial charge in [0, 0.05) is 5.41 Å². The number of aryl methyl sites for hydroxylation is 2. The number of rotatable bonds is 4. The summed E-state index contributed by atoms with van der Waals surface area (Å²) in [5, 5.41) is 11.2. The zero-order chi connectivity index (χ0) is 17.4. The lowest BCUT2D eigenvalue weighted by Crippen LogP contribution is -2.51. The van der Waals surface area contributed by atoms with Gasteiger partial charge in [0.25, 0.3) is 0 Å². The van der Waals surface area contributed by atoms with Crippen molar-refractivity contribution in [1.82, 2.24) is 0 Å². The fourth-order valence-corrected chi connectivity index (χ4v) is 4.40. The Kier molecular flexibility index (Phi) is 4.40. The molecule has 25 heavy (non-hydrogen) atoms. The van der Waals surface area contributed by atoms with Gasteiger partial charge in [-0.2, -0.15) is 0 Å². The summed E-state index contributed by atoms with van der Waals surface area (Å²) >= 11 is 0. The van der Waals surface area contributed by atoms with Gasteiger partial charge in [0.1, 0.15) is 6.10 Å². The topological polar surface area (TPSA) is 38.7 Å². The third kappa shape index (κ3) is 3.12. The van der Waals surface area contributed by atoms with E-state index in [9.17, 15) is 5.11 Å². The zero-order valence-electron chi connectivity index (χ0n) is 14.9. The van der Waals surface area contributed by atoms with Crippen molar-refractivity contribution < 1.29 is 14.6 Å². The van der Waals surface area contributed by atoms with Gasteiger partial charge in [0.05, 0.1) is 12.7 Å². The average molecular weight is 338 g/mol. The maximum Gasteiger partial charge on any atom is 0.184 e. The number of hydrogen-bond donors (Lipinski definition) is 1. The van der Waals surface area contributed by atoms with Crippen LogP contribution in [0.2, 0.25) is 0 Å². The average Bonchev–Trinajstić information content (AvgIpc) is 3.01. The number of benzene rings is 2. The van der Waals surface area contributed by atoms with Gasteiger partial charge in [-0.25, -0.2) is 0 Å². The molecule has 132 valence electrons. The lowest BCUT2D eigenvalue weighted by Gasteiger charge is -2.44. The molecule has 0 saturated carbocycles. The smallest absolute Gasteiger partial charge is 0.184 e. The highest BCUT2D eigenvalue weighted by molar-refractivity contribution is 5.31. The van der Waals surface area contributed by atoms with Crippen LogP contribution in [0, 0.1) is 19.3 Å². The Bertz CT molecular complexity index is 707. The first-order valence-electron chi connectivity index (χ1n) is 9.11. The van der Waals surface area contributed by atoms with E-state index in [-0.39, 0.29) is 11.5 Å². The second-order valence-electron chi connectivity index (χ2n) is 7.68. The van der Waals surface area contributed by atoms with Crippen molar-refractivity contribution in [2.45, 2.75) is 51.6 Å². The van der Waals surface area contributed by atoms with Gasteiger partial charge in [0.15, 0.2) is 6.29 Å². The van der Waals surface area contributed by atoms with Gasteiger partial charge in [-0.3, -0.25) is 0 Å². The van der Waals surface area contributed by atoms with Crippen molar-refractivity contribution in [2.75, 3.05) is 6.61 Å². The number of fused-ring (bicyclic) bond motifs is 2. The van der Waals surface area contributed by atoms with Crippen LogP contribution in [0.15, 0.2) is 48.5 Å². The Labute approximate surface area is 149 Å². The van der Waals surface area contributed by atoms with Crippen molar-refractivity contribution >= 4 is 0 Å². The molecule has 2 heterocycles. The highest BCUT2D eigenvalue weighted by Crippen LogP contribution is 2.46. The molecule has 2 aliphatic heterocycles. The van der Waals surface area contributed by atoms with Crippen molar-refractivity contribution in [3.8, 4) is 0 Å². The maximum absolute atomic E-state index is 11.2. The SMILES string of the molecule is Cc1ccccc1CC1(Cc2ccccc2C)C[C@H]2CO[C@H](O2)[C@H]1O. The van der Waals surface area contributed by atoms with Crippen LogP contribution in [-0.2, 0) is 22.3 Å². The van der Waals surface area contributed by atoms with Crippen molar-refractivity contribution in [3.05, 3.63) is 70.8 Å². The molecule has 3 heteroatoms. The zero-order valence-corrected chi connectivity index (χ0v) is 14.9. The standard InChI is InChI=1S/C22H26O3/c1-15-7-3-5-9-17(15)11-22(12-18-10-6-4-8-16(18)2)13-19-14-24-21(25-19)20(22)23/h3-10,19-21,23H,11-14H2,1-2H3/t19-,20+,21+/m0/s1. The molecule has 2 aromatic rings. The number of aliphatic hydroxyl groups excluding tert-OH is 1. The minimum absolute atomic E-state index is 0.0847. The molecule has 2 bridgehead atoms. The van der Waals surface area contributed by atoms with E-state index in [0.29, 0.717) is 6.61 Å². The van der Waals surface area contributed by atoms with Crippen LogP contribution >= 0.6 is 0 Å². The highest BCUT2D eigenvalue weighted by Gasteiger charge is 2.52. The molecule has 4 rings (SSSR count). The normalized spacial score (nSPS) is 27.4. The molecule has 0 radical (unpaired) electrons. The summed E-state index contributed by atoms with van der Waals surface area (Å²) in [6, 6.07) is 17.0. The van der Waals surface area contributed by atoms with E-state index in [1.165, 1.54) is 22.3 Å². The quantitative estimate of drug-likeness (QED) is 0.926. The molecule has 3 atom stereocenters. The minimum atomic E-state index is -0.620. The van der Waals surface area contributed by atoms with Crippen LogP contribution in [0.25, 0.3) is 0 Å². The first kappa shape index (κ1) is 16.8. The Balaban J connectivity index is 1.73. The fraction of sp³-hybridized carbons (Fsp3) is 0.455. The molecule has 2 fully saturated rings. The number of hydrogen-bond acceptors (Lipinski definition) is 3. The van der Waals surface area contributed by atoms with Gasteiger partial charge in [0.2, 0.25) is 0 Å². The highest BCUT2D eigenvalue weighted by atomic mass is 16.7. The Morgan fingerprint density at radius 3 is 2.08 bits per heavy atom. The molecule has 0 aliphatic carbocycles. The van der Waals surface area contributed by atoms with Crippen LogP contribution < -0.4 is 0 Å². The van der Waals surface area contributed by atoms with Crippen molar-refractivity contribution in [2.24, 2.45) is 5.41 Å².